The lowest BCUT2D eigenvalue weighted by atomic mass is 9.82. The maximum absolute atomic E-state index is 12.2. The van der Waals surface area contributed by atoms with Gasteiger partial charge in [-0.05, 0) is 36.5 Å². The molecule has 0 radical (unpaired) electrons. The molecule has 3 N–H and O–H groups in total. The van der Waals surface area contributed by atoms with E-state index >= 15 is 0 Å². The first-order valence-electron chi connectivity index (χ1n) is 6.97. The van der Waals surface area contributed by atoms with E-state index in [4.69, 9.17) is 9.84 Å². The predicted molar refractivity (Wildman–Crippen MR) is 75.3 cm³/mol. The second-order valence-corrected chi connectivity index (χ2v) is 5.03. The van der Waals surface area contributed by atoms with Crippen molar-refractivity contribution in [3.63, 3.8) is 0 Å². The summed E-state index contributed by atoms with van der Waals surface area (Å²) in [5.41, 5.74) is 1.73. The van der Waals surface area contributed by atoms with Crippen LogP contribution in [0.25, 0.3) is 0 Å². The van der Waals surface area contributed by atoms with E-state index in [2.05, 4.69) is 5.32 Å². The van der Waals surface area contributed by atoms with Crippen LogP contribution in [0.3, 0.4) is 0 Å². The average Bonchev–Trinajstić information content (AvgIpc) is 2.46. The van der Waals surface area contributed by atoms with Crippen LogP contribution in [0, 0.1) is 0 Å². The maximum Gasteiger partial charge on any atom is 0.329 e. The van der Waals surface area contributed by atoms with Crippen LogP contribution in [0.15, 0.2) is 18.2 Å². The van der Waals surface area contributed by atoms with E-state index in [1.807, 2.05) is 6.07 Å². The lowest BCUT2D eigenvalue weighted by Gasteiger charge is -2.25. The van der Waals surface area contributed by atoms with E-state index in [9.17, 15) is 14.7 Å². The fourth-order valence-corrected chi connectivity index (χ4v) is 2.63. The third-order valence-corrected chi connectivity index (χ3v) is 3.57. The van der Waals surface area contributed by atoms with Crippen LogP contribution in [-0.4, -0.2) is 41.8 Å². The third-order valence-electron chi connectivity index (χ3n) is 3.57. The third kappa shape index (κ3) is 3.95. The summed E-state index contributed by atoms with van der Waals surface area (Å²) in [6, 6.07) is 5.26. The molecule has 2 rings (SSSR count). The highest BCUT2D eigenvalue weighted by Crippen LogP contribution is 2.36. The lowest BCUT2D eigenvalue weighted by molar-refractivity contribution is -0.142. The van der Waals surface area contributed by atoms with Crippen molar-refractivity contribution < 1.29 is 24.5 Å². The van der Waals surface area contributed by atoms with Gasteiger partial charge in [-0.3, -0.25) is 4.79 Å². The van der Waals surface area contributed by atoms with Crippen LogP contribution in [-0.2, 0) is 20.7 Å². The van der Waals surface area contributed by atoms with E-state index < -0.39 is 5.97 Å². The highest BCUT2D eigenvalue weighted by Gasteiger charge is 2.27. The molecule has 1 aliphatic rings. The second-order valence-electron chi connectivity index (χ2n) is 5.03. The molecule has 0 heterocycles. The number of hydrogen-bond donors (Lipinski definition) is 3. The number of carboxylic acids is 1. The van der Waals surface area contributed by atoms with Gasteiger partial charge in [0.1, 0.15) is 12.4 Å². The van der Waals surface area contributed by atoms with Gasteiger partial charge in [0.2, 0.25) is 5.91 Å². The number of rotatable bonds is 6. The maximum atomic E-state index is 12.2. The number of hydrogen-bond acceptors (Lipinski definition) is 4. The smallest absolute Gasteiger partial charge is 0.329 e. The molecule has 1 aromatic carbocycles. The van der Waals surface area contributed by atoms with Crippen LogP contribution < -0.4 is 5.32 Å². The molecule has 0 spiro atoms. The molecule has 1 aromatic rings. The molecular weight excluding hydrogens is 274 g/mol. The Hall–Kier alpha value is -2.08. The zero-order valence-corrected chi connectivity index (χ0v) is 11.7. The zero-order chi connectivity index (χ0) is 15.2. The number of carboxylic acid groups (broad SMARTS) is 1. The van der Waals surface area contributed by atoms with Crippen molar-refractivity contribution in [3.8, 4) is 5.75 Å². The molecule has 0 unspecified atom stereocenters. The minimum Gasteiger partial charge on any atom is -0.508 e. The van der Waals surface area contributed by atoms with E-state index in [1.54, 1.807) is 12.1 Å². The first-order chi connectivity index (χ1) is 10.1. The molecule has 0 aromatic heterocycles. The zero-order valence-electron chi connectivity index (χ0n) is 11.7. The van der Waals surface area contributed by atoms with Gasteiger partial charge in [-0.25, -0.2) is 4.79 Å². The normalized spacial score (nSPS) is 17.0. The molecule has 6 heteroatoms. The highest BCUT2D eigenvalue weighted by atomic mass is 16.5. The van der Waals surface area contributed by atoms with Crippen LogP contribution in [0.4, 0.5) is 0 Å². The monoisotopic (exact) mass is 293 g/mol. The molecule has 6 nitrogen and oxygen atoms in total. The topological polar surface area (TPSA) is 95.9 Å². The number of phenols is 1. The van der Waals surface area contributed by atoms with Gasteiger partial charge in [-0.1, -0.05) is 12.1 Å². The van der Waals surface area contributed by atoms with Gasteiger partial charge in [-0.15, -0.1) is 0 Å². The second kappa shape index (κ2) is 7.08. The van der Waals surface area contributed by atoms with Crippen molar-refractivity contribution in [2.24, 2.45) is 0 Å². The number of benzene rings is 1. The Kier molecular flexibility index (Phi) is 5.16. The molecule has 114 valence electrons. The first-order valence-corrected chi connectivity index (χ1v) is 6.97. The summed E-state index contributed by atoms with van der Waals surface area (Å²) in [5, 5.41) is 21.0. The Bertz CT molecular complexity index is 529. The number of phenolic OH excluding ortho intramolecular Hbond substituents is 1. The Morgan fingerprint density at radius 2 is 2.19 bits per heavy atom. The van der Waals surface area contributed by atoms with Gasteiger partial charge in [0.15, 0.2) is 0 Å². The van der Waals surface area contributed by atoms with Gasteiger partial charge in [-0.2, -0.15) is 0 Å². The fourth-order valence-electron chi connectivity index (χ4n) is 2.63. The minimum absolute atomic E-state index is 0.111. The van der Waals surface area contributed by atoms with Crippen LogP contribution in [0.5, 0.6) is 5.75 Å². The molecule has 1 atom stereocenters. The molecule has 0 saturated carbocycles. The van der Waals surface area contributed by atoms with E-state index in [0.29, 0.717) is 0 Å². The summed E-state index contributed by atoms with van der Waals surface area (Å²) in [4.78, 5) is 22.5. The molecule has 0 saturated heterocycles. The van der Waals surface area contributed by atoms with Crippen molar-refractivity contribution in [2.45, 2.75) is 25.2 Å². The van der Waals surface area contributed by atoms with Crippen LogP contribution in [0.2, 0.25) is 0 Å². The van der Waals surface area contributed by atoms with Gasteiger partial charge >= 0.3 is 5.97 Å². The van der Waals surface area contributed by atoms with Gasteiger partial charge < -0.3 is 20.3 Å². The Labute approximate surface area is 122 Å². The molecule has 0 aliphatic heterocycles. The minimum atomic E-state index is -1.03. The number of ether oxygens (including phenoxy) is 1. The lowest BCUT2D eigenvalue weighted by Crippen LogP contribution is -2.34. The van der Waals surface area contributed by atoms with Crippen LogP contribution in [0.1, 0.15) is 29.9 Å². The van der Waals surface area contributed by atoms with Crippen molar-refractivity contribution in [3.05, 3.63) is 29.3 Å². The highest BCUT2D eigenvalue weighted by molar-refractivity contribution is 5.84. The van der Waals surface area contributed by atoms with Crippen molar-refractivity contribution in [1.29, 1.82) is 0 Å². The molecule has 21 heavy (non-hydrogen) atoms. The Morgan fingerprint density at radius 3 is 2.95 bits per heavy atom. The quantitative estimate of drug-likeness (QED) is 0.681. The molecule has 1 amide bonds. The fraction of sp³-hybridized carbons (Fsp3) is 0.467. The van der Waals surface area contributed by atoms with E-state index in [1.165, 1.54) is 0 Å². The van der Waals surface area contributed by atoms with E-state index in [-0.39, 0.29) is 37.3 Å². The largest absolute Gasteiger partial charge is 0.508 e. The Morgan fingerprint density at radius 1 is 1.38 bits per heavy atom. The number of carbonyl (C=O) groups excluding carboxylic acids is 1. The van der Waals surface area contributed by atoms with Crippen molar-refractivity contribution in [1.82, 2.24) is 5.32 Å². The summed E-state index contributed by atoms with van der Waals surface area (Å²) in [7, 11) is 0. The predicted octanol–water partition coefficient (Wildman–Crippen LogP) is 1.03. The molecule has 0 bridgehead atoms. The van der Waals surface area contributed by atoms with Crippen molar-refractivity contribution >= 4 is 11.9 Å². The Balaban J connectivity index is 1.90. The standard InChI is InChI=1S/C15H19NO5/c17-13-6-2-3-10-11(13)4-1-5-12(10)15(20)16-7-8-21-9-14(18)19/h2-3,6,12,17H,1,4-5,7-9H2,(H,16,20)(H,18,19)/t12-/m0/s1. The summed E-state index contributed by atoms with van der Waals surface area (Å²) < 4.78 is 4.87. The van der Waals surface area contributed by atoms with E-state index in [0.717, 1.165) is 30.4 Å². The number of aromatic hydroxyl groups is 1. The number of carbonyl (C=O) groups is 2. The molecular formula is C15H19NO5. The summed E-state index contributed by atoms with van der Waals surface area (Å²) in [5.74, 6) is -1.16. The van der Waals surface area contributed by atoms with Gasteiger partial charge in [0, 0.05) is 6.54 Å². The molecule has 0 fully saturated rings. The summed E-state index contributed by atoms with van der Waals surface area (Å²) in [6.07, 6.45) is 2.39. The van der Waals surface area contributed by atoms with Crippen LogP contribution >= 0.6 is 0 Å². The number of aliphatic carboxylic acids is 1. The van der Waals surface area contributed by atoms with Gasteiger partial charge in [0.05, 0.1) is 12.5 Å². The number of amides is 1. The number of fused-ring (bicyclic) bond motifs is 1. The summed E-state index contributed by atoms with van der Waals surface area (Å²) >= 11 is 0. The van der Waals surface area contributed by atoms with Crippen molar-refractivity contribution in [2.75, 3.05) is 19.8 Å². The molecule has 1 aliphatic carbocycles. The SMILES string of the molecule is O=C(O)COCCNC(=O)[C@H]1CCCc2c(O)cccc21. The average molecular weight is 293 g/mol. The van der Waals surface area contributed by atoms with Gasteiger partial charge in [0.25, 0.3) is 0 Å². The summed E-state index contributed by atoms with van der Waals surface area (Å²) in [6.45, 7) is 0.0738. The first kappa shape index (κ1) is 15.3. The number of nitrogens with one attached hydrogen (secondary N) is 1.